The number of hydrogen-bond acceptors (Lipinski definition) is 2. The van der Waals surface area contributed by atoms with Crippen molar-refractivity contribution in [2.75, 3.05) is 0 Å². The quantitative estimate of drug-likeness (QED) is 0.701. The minimum absolute atomic E-state index is 0.124. The minimum atomic E-state index is -1.05. The highest BCUT2D eigenvalue weighted by atomic mass is 16.2. The summed E-state index contributed by atoms with van der Waals surface area (Å²) in [6, 6.07) is 26.0. The van der Waals surface area contributed by atoms with E-state index in [4.69, 9.17) is 0 Å². The van der Waals surface area contributed by atoms with E-state index in [1.165, 1.54) is 6.92 Å². The molecule has 0 fully saturated rings. The Morgan fingerprint density at radius 2 is 1.64 bits per heavy atom. The molecule has 1 atom stereocenters. The molecule has 0 aliphatic rings. The van der Waals surface area contributed by atoms with Crippen molar-refractivity contribution in [3.05, 3.63) is 83.9 Å². The summed E-state index contributed by atoms with van der Waals surface area (Å²) in [4.78, 5) is 14.1. The summed E-state index contributed by atoms with van der Waals surface area (Å²) in [6.07, 6.45) is 0. The zero-order chi connectivity index (χ0) is 17.9. The van der Waals surface area contributed by atoms with E-state index in [1.54, 1.807) is 4.90 Å². The first-order valence-corrected chi connectivity index (χ1v) is 8.28. The fourth-order valence-electron chi connectivity index (χ4n) is 3.27. The number of benzene rings is 3. The standard InChI is InChI=1S/C22H20N2O/c1-17(25)24(15-18-9-4-3-5-10-18)22(2,16-23)21-14-8-12-19-11-6-7-13-20(19)21/h3-14H,15H2,1-2H3/t22-/m0/s1. The lowest BCUT2D eigenvalue weighted by molar-refractivity contribution is -0.133. The van der Waals surface area contributed by atoms with Crippen LogP contribution in [0.25, 0.3) is 10.8 Å². The molecule has 3 nitrogen and oxygen atoms in total. The van der Waals surface area contributed by atoms with Crippen molar-refractivity contribution in [3.8, 4) is 6.07 Å². The maximum atomic E-state index is 12.4. The Morgan fingerprint density at radius 3 is 2.32 bits per heavy atom. The average molecular weight is 328 g/mol. The smallest absolute Gasteiger partial charge is 0.221 e. The second-order valence-corrected chi connectivity index (χ2v) is 6.30. The molecule has 0 unspecified atom stereocenters. The van der Waals surface area contributed by atoms with Crippen molar-refractivity contribution in [1.82, 2.24) is 4.90 Å². The summed E-state index contributed by atoms with van der Waals surface area (Å²) >= 11 is 0. The Hall–Kier alpha value is -3.12. The second kappa shape index (κ2) is 6.78. The van der Waals surface area contributed by atoms with Gasteiger partial charge in [0.2, 0.25) is 5.91 Å². The van der Waals surface area contributed by atoms with Crippen LogP contribution in [0.1, 0.15) is 25.0 Å². The van der Waals surface area contributed by atoms with E-state index in [0.717, 1.165) is 21.9 Å². The fourth-order valence-corrected chi connectivity index (χ4v) is 3.27. The summed E-state index contributed by atoms with van der Waals surface area (Å²) in [7, 11) is 0. The van der Waals surface area contributed by atoms with Crippen LogP contribution in [0.2, 0.25) is 0 Å². The number of hydrogen-bond donors (Lipinski definition) is 0. The number of amides is 1. The Labute approximate surface area is 148 Å². The largest absolute Gasteiger partial charge is 0.316 e. The summed E-state index contributed by atoms with van der Waals surface area (Å²) in [5.41, 5.74) is 0.793. The lowest BCUT2D eigenvalue weighted by atomic mass is 9.87. The van der Waals surface area contributed by atoms with Gasteiger partial charge in [-0.15, -0.1) is 0 Å². The van der Waals surface area contributed by atoms with Crippen molar-refractivity contribution < 1.29 is 4.79 Å². The Morgan fingerprint density at radius 1 is 1.00 bits per heavy atom. The zero-order valence-electron chi connectivity index (χ0n) is 14.4. The first kappa shape index (κ1) is 16.7. The van der Waals surface area contributed by atoms with Gasteiger partial charge < -0.3 is 4.90 Å². The number of rotatable bonds is 4. The Kier molecular flexibility index (Phi) is 4.54. The van der Waals surface area contributed by atoms with E-state index in [1.807, 2.05) is 79.7 Å². The summed E-state index contributed by atoms with van der Waals surface area (Å²) in [6.45, 7) is 3.73. The summed E-state index contributed by atoms with van der Waals surface area (Å²) in [5.74, 6) is -0.124. The molecular weight excluding hydrogens is 308 g/mol. The maximum Gasteiger partial charge on any atom is 0.221 e. The number of carbonyl (C=O) groups excluding carboxylic acids is 1. The number of fused-ring (bicyclic) bond motifs is 1. The van der Waals surface area contributed by atoms with Gasteiger partial charge in [-0.05, 0) is 28.8 Å². The van der Waals surface area contributed by atoms with Crippen LogP contribution in [-0.4, -0.2) is 10.8 Å². The van der Waals surface area contributed by atoms with Crippen molar-refractivity contribution in [3.63, 3.8) is 0 Å². The monoisotopic (exact) mass is 328 g/mol. The Balaban J connectivity index is 2.14. The molecule has 3 heteroatoms. The van der Waals surface area contributed by atoms with Crippen LogP contribution in [0.5, 0.6) is 0 Å². The van der Waals surface area contributed by atoms with Crippen molar-refractivity contribution in [2.24, 2.45) is 0 Å². The molecule has 124 valence electrons. The predicted octanol–water partition coefficient (Wildman–Crippen LogP) is 4.63. The van der Waals surface area contributed by atoms with Crippen LogP contribution in [0, 0.1) is 11.3 Å². The molecule has 3 rings (SSSR count). The van der Waals surface area contributed by atoms with Crippen LogP contribution in [0.15, 0.2) is 72.8 Å². The summed E-state index contributed by atoms with van der Waals surface area (Å²) < 4.78 is 0. The second-order valence-electron chi connectivity index (χ2n) is 6.30. The van der Waals surface area contributed by atoms with E-state index < -0.39 is 5.54 Å². The third kappa shape index (κ3) is 3.12. The van der Waals surface area contributed by atoms with Crippen LogP contribution in [-0.2, 0) is 16.9 Å². The number of carbonyl (C=O) groups is 1. The first-order valence-electron chi connectivity index (χ1n) is 8.28. The highest BCUT2D eigenvalue weighted by Crippen LogP contribution is 2.34. The third-order valence-electron chi connectivity index (χ3n) is 4.64. The fraction of sp³-hybridized carbons (Fsp3) is 0.182. The lowest BCUT2D eigenvalue weighted by Gasteiger charge is -2.36. The van der Waals surface area contributed by atoms with Crippen LogP contribution in [0.3, 0.4) is 0 Å². The van der Waals surface area contributed by atoms with Gasteiger partial charge in [0, 0.05) is 13.5 Å². The molecule has 0 radical (unpaired) electrons. The van der Waals surface area contributed by atoms with Crippen molar-refractivity contribution in [1.29, 1.82) is 5.26 Å². The van der Waals surface area contributed by atoms with Crippen LogP contribution < -0.4 is 0 Å². The van der Waals surface area contributed by atoms with Gasteiger partial charge in [0.25, 0.3) is 0 Å². The van der Waals surface area contributed by atoms with Gasteiger partial charge >= 0.3 is 0 Å². The number of nitrogens with zero attached hydrogens (tertiary/aromatic N) is 2. The van der Waals surface area contributed by atoms with E-state index >= 15 is 0 Å². The molecular formula is C22H20N2O. The van der Waals surface area contributed by atoms with Gasteiger partial charge in [-0.1, -0.05) is 72.8 Å². The van der Waals surface area contributed by atoms with Gasteiger partial charge in [-0.3, -0.25) is 4.79 Å². The van der Waals surface area contributed by atoms with Crippen LogP contribution in [0.4, 0.5) is 0 Å². The maximum absolute atomic E-state index is 12.4. The normalized spacial score (nSPS) is 13.0. The molecule has 0 bridgehead atoms. The molecule has 3 aromatic carbocycles. The Bertz CT molecular complexity index is 938. The van der Waals surface area contributed by atoms with E-state index in [2.05, 4.69) is 6.07 Å². The lowest BCUT2D eigenvalue weighted by Crippen LogP contribution is -2.45. The topological polar surface area (TPSA) is 44.1 Å². The summed E-state index contributed by atoms with van der Waals surface area (Å²) in [5, 5.41) is 12.1. The predicted molar refractivity (Wildman–Crippen MR) is 99.6 cm³/mol. The van der Waals surface area contributed by atoms with Gasteiger partial charge in [-0.25, -0.2) is 0 Å². The molecule has 3 aromatic rings. The molecule has 25 heavy (non-hydrogen) atoms. The van der Waals surface area contributed by atoms with E-state index in [0.29, 0.717) is 6.54 Å². The minimum Gasteiger partial charge on any atom is -0.316 e. The first-order chi connectivity index (χ1) is 12.1. The highest BCUT2D eigenvalue weighted by Gasteiger charge is 2.37. The van der Waals surface area contributed by atoms with Crippen molar-refractivity contribution in [2.45, 2.75) is 25.9 Å². The van der Waals surface area contributed by atoms with Gasteiger partial charge in [-0.2, -0.15) is 5.26 Å². The molecule has 0 spiro atoms. The molecule has 0 N–H and O–H groups in total. The average Bonchev–Trinajstić information content (AvgIpc) is 2.65. The van der Waals surface area contributed by atoms with Gasteiger partial charge in [0.1, 0.15) is 0 Å². The molecule has 0 saturated carbocycles. The van der Waals surface area contributed by atoms with Gasteiger partial charge in [0.05, 0.1) is 6.07 Å². The van der Waals surface area contributed by atoms with E-state index in [9.17, 15) is 10.1 Å². The molecule has 0 aromatic heterocycles. The zero-order valence-corrected chi connectivity index (χ0v) is 14.4. The SMILES string of the molecule is CC(=O)N(Cc1ccccc1)[C@@](C)(C#N)c1cccc2ccccc12. The highest BCUT2D eigenvalue weighted by molar-refractivity contribution is 5.88. The third-order valence-corrected chi connectivity index (χ3v) is 4.64. The molecule has 1 amide bonds. The molecule has 0 heterocycles. The molecule has 0 aliphatic carbocycles. The van der Waals surface area contributed by atoms with Gasteiger partial charge in [0.15, 0.2) is 5.54 Å². The molecule has 0 aliphatic heterocycles. The number of nitriles is 1. The molecule has 0 saturated heterocycles. The van der Waals surface area contributed by atoms with E-state index in [-0.39, 0.29) is 5.91 Å². The van der Waals surface area contributed by atoms with Crippen molar-refractivity contribution >= 4 is 16.7 Å². The van der Waals surface area contributed by atoms with Crippen LogP contribution >= 0.6 is 0 Å².